The number of hydrogen-bond acceptors (Lipinski definition) is 7. The van der Waals surface area contributed by atoms with Crippen molar-refractivity contribution < 1.29 is 28.5 Å². The second kappa shape index (κ2) is 9.26. The molecule has 0 saturated heterocycles. The molecule has 0 aliphatic rings. The minimum atomic E-state index is -0.798. The van der Waals surface area contributed by atoms with Crippen molar-refractivity contribution in [3.8, 4) is 0 Å². The number of carbonyl (C=O) groups excluding carboxylic acids is 3. The molecule has 9 heteroatoms. The van der Waals surface area contributed by atoms with Gasteiger partial charge in [-0.25, -0.2) is 4.79 Å². The van der Waals surface area contributed by atoms with Crippen molar-refractivity contribution in [3.63, 3.8) is 0 Å². The van der Waals surface area contributed by atoms with Crippen molar-refractivity contribution in [2.75, 3.05) is 11.9 Å². The van der Waals surface area contributed by atoms with Gasteiger partial charge < -0.3 is 14.5 Å². The summed E-state index contributed by atoms with van der Waals surface area (Å²) < 4.78 is 9.69. The lowest BCUT2D eigenvalue weighted by molar-refractivity contribution is -0.402. The molecule has 0 unspecified atom stereocenters. The molecule has 28 heavy (non-hydrogen) atoms. The fourth-order valence-electron chi connectivity index (χ4n) is 1.97. The minimum absolute atomic E-state index is 0.106. The Balaban J connectivity index is 1.85. The number of ketones is 1. The van der Waals surface area contributed by atoms with E-state index in [2.05, 4.69) is 5.32 Å². The summed E-state index contributed by atoms with van der Waals surface area (Å²) in [4.78, 5) is 45.1. The lowest BCUT2D eigenvalue weighted by atomic mass is 10.1. The van der Waals surface area contributed by atoms with E-state index in [9.17, 15) is 24.5 Å². The Hall–Kier alpha value is -3.75. The Labute approximate surface area is 160 Å². The molecular formula is C19H18N2O7. The maximum atomic E-state index is 12.1. The Morgan fingerprint density at radius 3 is 2.43 bits per heavy atom. The van der Waals surface area contributed by atoms with Crippen LogP contribution in [0.25, 0.3) is 6.08 Å². The Morgan fingerprint density at radius 1 is 1.18 bits per heavy atom. The van der Waals surface area contributed by atoms with E-state index in [1.165, 1.54) is 24.3 Å². The first kappa shape index (κ1) is 20.6. The van der Waals surface area contributed by atoms with Crippen molar-refractivity contribution in [3.05, 3.63) is 63.9 Å². The Morgan fingerprint density at radius 2 is 1.86 bits per heavy atom. The molecule has 0 atom stereocenters. The van der Waals surface area contributed by atoms with E-state index >= 15 is 0 Å². The SMILES string of the molecule is CC(C)C(=O)Nc1ccc(C(=O)COC(=O)/C=C/c2ccc([N+](=O)[O-])o2)cc1. The molecule has 2 aromatic rings. The lowest BCUT2D eigenvalue weighted by Crippen LogP contribution is -2.18. The molecule has 1 aromatic heterocycles. The standard InChI is InChI=1S/C19H18N2O7/c1-12(2)19(24)20-14-5-3-13(4-6-14)16(22)11-27-18(23)10-8-15-7-9-17(28-15)21(25)26/h3-10,12H,11H2,1-2H3,(H,20,24)/b10-8+. The Kier molecular flexibility index (Phi) is 6.80. The summed E-state index contributed by atoms with van der Waals surface area (Å²) >= 11 is 0. The summed E-state index contributed by atoms with van der Waals surface area (Å²) in [5.74, 6) is -1.86. The molecular weight excluding hydrogens is 368 g/mol. The molecule has 146 valence electrons. The van der Waals surface area contributed by atoms with Gasteiger partial charge in [0.25, 0.3) is 0 Å². The van der Waals surface area contributed by atoms with Gasteiger partial charge in [-0.05, 0) is 36.4 Å². The molecule has 0 aliphatic heterocycles. The summed E-state index contributed by atoms with van der Waals surface area (Å²) in [5.41, 5.74) is 0.878. The van der Waals surface area contributed by atoms with Crippen LogP contribution in [0, 0.1) is 16.0 Å². The molecule has 0 radical (unpaired) electrons. The van der Waals surface area contributed by atoms with Crippen LogP contribution in [0.1, 0.15) is 30.0 Å². The van der Waals surface area contributed by atoms with E-state index in [1.54, 1.807) is 26.0 Å². The third kappa shape index (κ3) is 5.90. The van der Waals surface area contributed by atoms with E-state index in [0.717, 1.165) is 12.1 Å². The van der Waals surface area contributed by atoms with Crippen molar-refractivity contribution >= 4 is 35.3 Å². The average Bonchev–Trinajstić information content (AvgIpc) is 3.14. The number of furan rings is 1. The highest BCUT2D eigenvalue weighted by Crippen LogP contribution is 2.16. The first-order valence-electron chi connectivity index (χ1n) is 8.29. The number of nitrogens with zero attached hydrogens (tertiary/aromatic N) is 1. The first-order valence-corrected chi connectivity index (χ1v) is 8.29. The van der Waals surface area contributed by atoms with Gasteiger partial charge in [0.05, 0.1) is 6.07 Å². The highest BCUT2D eigenvalue weighted by molar-refractivity contribution is 5.99. The van der Waals surface area contributed by atoms with Crippen molar-refractivity contribution in [1.29, 1.82) is 0 Å². The predicted molar refractivity (Wildman–Crippen MR) is 99.6 cm³/mol. The molecule has 0 fully saturated rings. The van der Waals surface area contributed by atoms with Gasteiger partial charge in [0, 0.05) is 23.2 Å². The predicted octanol–water partition coefficient (Wildman–Crippen LogP) is 3.22. The van der Waals surface area contributed by atoms with Crippen LogP contribution < -0.4 is 5.32 Å². The lowest BCUT2D eigenvalue weighted by Gasteiger charge is -2.08. The van der Waals surface area contributed by atoms with Crippen LogP contribution >= 0.6 is 0 Å². The van der Waals surface area contributed by atoms with Gasteiger partial charge in [-0.15, -0.1) is 0 Å². The van der Waals surface area contributed by atoms with Crippen LogP contribution in [-0.4, -0.2) is 29.2 Å². The quantitative estimate of drug-likeness (QED) is 0.242. The van der Waals surface area contributed by atoms with Gasteiger partial charge >= 0.3 is 11.9 Å². The van der Waals surface area contributed by atoms with E-state index in [4.69, 9.17) is 9.15 Å². The molecule has 1 N–H and O–H groups in total. The fourth-order valence-corrected chi connectivity index (χ4v) is 1.97. The number of nitrogens with one attached hydrogen (secondary N) is 1. The van der Waals surface area contributed by atoms with Crippen molar-refractivity contribution in [1.82, 2.24) is 0 Å². The molecule has 0 aliphatic carbocycles. The fraction of sp³-hybridized carbons (Fsp3) is 0.211. The molecule has 1 amide bonds. The van der Waals surface area contributed by atoms with E-state index in [0.29, 0.717) is 11.3 Å². The molecule has 9 nitrogen and oxygen atoms in total. The average molecular weight is 386 g/mol. The third-order valence-corrected chi connectivity index (χ3v) is 3.52. The third-order valence-electron chi connectivity index (χ3n) is 3.52. The minimum Gasteiger partial charge on any atom is -0.454 e. The van der Waals surface area contributed by atoms with E-state index < -0.39 is 29.2 Å². The zero-order chi connectivity index (χ0) is 20.7. The number of anilines is 1. The molecule has 0 spiro atoms. The maximum absolute atomic E-state index is 12.1. The number of esters is 1. The number of carbonyl (C=O) groups is 3. The number of amides is 1. The molecule has 0 saturated carbocycles. The number of rotatable bonds is 8. The van der Waals surface area contributed by atoms with Gasteiger partial charge in [0.15, 0.2) is 12.4 Å². The summed E-state index contributed by atoms with van der Waals surface area (Å²) in [6, 6.07) is 8.68. The first-order chi connectivity index (χ1) is 13.3. The molecule has 1 aromatic carbocycles. The van der Waals surface area contributed by atoms with E-state index in [-0.39, 0.29) is 17.6 Å². The highest BCUT2D eigenvalue weighted by atomic mass is 16.6. The largest absolute Gasteiger partial charge is 0.454 e. The number of nitro groups is 1. The highest BCUT2D eigenvalue weighted by Gasteiger charge is 2.12. The van der Waals surface area contributed by atoms with Crippen molar-refractivity contribution in [2.24, 2.45) is 5.92 Å². The van der Waals surface area contributed by atoms with Crippen molar-refractivity contribution in [2.45, 2.75) is 13.8 Å². The summed E-state index contributed by atoms with van der Waals surface area (Å²) in [7, 11) is 0. The van der Waals surface area contributed by atoms with Gasteiger partial charge in [0.2, 0.25) is 5.91 Å². The van der Waals surface area contributed by atoms with Crippen LogP contribution in [0.5, 0.6) is 0 Å². The van der Waals surface area contributed by atoms with Crippen LogP contribution in [0.2, 0.25) is 0 Å². The maximum Gasteiger partial charge on any atom is 0.433 e. The number of Topliss-reactive ketones (excluding diaryl/α,β-unsaturated/α-hetero) is 1. The van der Waals surface area contributed by atoms with Crippen LogP contribution in [0.4, 0.5) is 11.6 Å². The number of ether oxygens (including phenoxy) is 1. The second-order valence-electron chi connectivity index (χ2n) is 6.02. The van der Waals surface area contributed by atoms with Gasteiger partial charge in [-0.1, -0.05) is 13.8 Å². The van der Waals surface area contributed by atoms with Gasteiger partial charge in [-0.3, -0.25) is 19.7 Å². The topological polar surface area (TPSA) is 129 Å². The molecule has 2 rings (SSSR count). The van der Waals surface area contributed by atoms with E-state index in [1.807, 2.05) is 0 Å². The molecule has 1 heterocycles. The smallest absolute Gasteiger partial charge is 0.433 e. The van der Waals surface area contributed by atoms with Gasteiger partial charge in [0.1, 0.15) is 10.7 Å². The Bertz CT molecular complexity index is 911. The second-order valence-corrected chi connectivity index (χ2v) is 6.02. The zero-order valence-corrected chi connectivity index (χ0v) is 15.2. The normalized spacial score (nSPS) is 10.8. The number of benzene rings is 1. The number of hydrogen-bond donors (Lipinski definition) is 1. The zero-order valence-electron chi connectivity index (χ0n) is 15.2. The summed E-state index contributed by atoms with van der Waals surface area (Å²) in [6.07, 6.45) is 2.20. The van der Waals surface area contributed by atoms with Gasteiger partial charge in [-0.2, -0.15) is 0 Å². The monoisotopic (exact) mass is 386 g/mol. The summed E-state index contributed by atoms with van der Waals surface area (Å²) in [6.45, 7) is 3.06. The summed E-state index contributed by atoms with van der Waals surface area (Å²) in [5, 5.41) is 13.2. The van der Waals surface area contributed by atoms with Crippen LogP contribution in [0.3, 0.4) is 0 Å². The van der Waals surface area contributed by atoms with Crippen LogP contribution in [0.15, 0.2) is 46.9 Å². The van der Waals surface area contributed by atoms with Crippen LogP contribution in [-0.2, 0) is 14.3 Å². The molecule has 0 bridgehead atoms.